The van der Waals surface area contributed by atoms with E-state index >= 15 is 0 Å². The van der Waals surface area contributed by atoms with Gasteiger partial charge in [0.2, 0.25) is 0 Å². The number of hydrogen-bond acceptors (Lipinski definition) is 6. The number of benzene rings is 1. The highest BCUT2D eigenvalue weighted by molar-refractivity contribution is 5.59. The highest BCUT2D eigenvalue weighted by Gasteiger charge is 2.21. The molecule has 1 aromatic carbocycles. The van der Waals surface area contributed by atoms with Gasteiger partial charge in [-0.1, -0.05) is 31.1 Å². The van der Waals surface area contributed by atoms with Gasteiger partial charge in [0, 0.05) is 32.1 Å². The van der Waals surface area contributed by atoms with Crippen molar-refractivity contribution in [3.63, 3.8) is 0 Å². The fraction of sp³-hybridized carbons (Fsp3) is 0.471. The summed E-state index contributed by atoms with van der Waals surface area (Å²) in [6, 6.07) is 10.6. The summed E-state index contributed by atoms with van der Waals surface area (Å²) in [5.74, 6) is 1.01. The third-order valence-corrected chi connectivity index (χ3v) is 4.08. The van der Waals surface area contributed by atoms with Crippen molar-refractivity contribution in [2.75, 3.05) is 36.0 Å². The first-order valence-electron chi connectivity index (χ1n) is 8.01. The van der Waals surface area contributed by atoms with Gasteiger partial charge in [0.1, 0.15) is 6.07 Å². The molecular weight excluding hydrogens is 290 g/mol. The summed E-state index contributed by atoms with van der Waals surface area (Å²) in [5.41, 5.74) is 1.73. The predicted octanol–water partition coefficient (Wildman–Crippen LogP) is 2.78. The van der Waals surface area contributed by atoms with Crippen LogP contribution in [0, 0.1) is 11.3 Å². The fourth-order valence-electron chi connectivity index (χ4n) is 2.78. The van der Waals surface area contributed by atoms with Crippen LogP contribution in [-0.4, -0.2) is 36.3 Å². The Balaban J connectivity index is 1.73. The summed E-state index contributed by atoms with van der Waals surface area (Å²) >= 11 is 0. The van der Waals surface area contributed by atoms with Crippen molar-refractivity contribution in [1.29, 1.82) is 5.26 Å². The van der Waals surface area contributed by atoms with Crippen LogP contribution in [0.15, 0.2) is 28.8 Å². The number of aromatic nitrogens is 2. The van der Waals surface area contributed by atoms with Crippen LogP contribution in [0.3, 0.4) is 0 Å². The predicted molar refractivity (Wildman–Crippen MR) is 88.6 cm³/mol. The van der Waals surface area contributed by atoms with Crippen molar-refractivity contribution >= 4 is 11.7 Å². The molecule has 0 bridgehead atoms. The number of nitriles is 1. The molecule has 0 amide bonds. The quantitative estimate of drug-likeness (QED) is 0.868. The molecule has 0 saturated carbocycles. The van der Waals surface area contributed by atoms with E-state index < -0.39 is 0 Å². The van der Waals surface area contributed by atoms with Crippen molar-refractivity contribution in [2.45, 2.75) is 26.2 Å². The monoisotopic (exact) mass is 311 g/mol. The van der Waals surface area contributed by atoms with E-state index in [2.05, 4.69) is 39.9 Å². The first-order valence-corrected chi connectivity index (χ1v) is 8.01. The van der Waals surface area contributed by atoms with Gasteiger partial charge in [0.25, 0.3) is 0 Å². The van der Waals surface area contributed by atoms with Crippen LogP contribution in [0.25, 0.3) is 0 Å². The third kappa shape index (κ3) is 3.29. The van der Waals surface area contributed by atoms with E-state index in [1.54, 1.807) is 0 Å². The van der Waals surface area contributed by atoms with Crippen LogP contribution in [-0.2, 0) is 0 Å². The summed E-state index contributed by atoms with van der Waals surface area (Å²) in [4.78, 5) is 8.88. The average Bonchev–Trinajstić information content (AvgIpc) is 2.94. The third-order valence-electron chi connectivity index (χ3n) is 4.08. The normalized spacial score (nSPS) is 15.6. The molecule has 2 aromatic rings. The van der Waals surface area contributed by atoms with E-state index in [4.69, 9.17) is 4.52 Å². The van der Waals surface area contributed by atoms with Crippen LogP contribution < -0.4 is 9.80 Å². The molecule has 0 spiro atoms. The van der Waals surface area contributed by atoms with Gasteiger partial charge in [0.05, 0.1) is 11.3 Å². The van der Waals surface area contributed by atoms with Crippen molar-refractivity contribution in [3.8, 4) is 6.07 Å². The molecule has 0 radical (unpaired) electrons. The van der Waals surface area contributed by atoms with Crippen LogP contribution in [0.4, 0.5) is 11.7 Å². The molecule has 23 heavy (non-hydrogen) atoms. The minimum atomic E-state index is 0.262. The summed E-state index contributed by atoms with van der Waals surface area (Å²) in [6.07, 6.45) is 0.985. The standard InChI is InChI=1S/C17H21N5O/c1-13(2)16-19-17(23-20-16)22-9-5-8-21(10-11-22)15-7-4-3-6-14(15)12-18/h3-4,6-7,13H,5,8-11H2,1-2H3. The smallest absolute Gasteiger partial charge is 0.324 e. The lowest BCUT2D eigenvalue weighted by Gasteiger charge is -2.23. The SMILES string of the molecule is CC(C)c1noc(N2CCCN(c3ccccc3C#N)CC2)n1. The first kappa shape index (κ1) is 15.3. The Labute approximate surface area is 136 Å². The van der Waals surface area contributed by atoms with E-state index in [1.165, 1.54) is 0 Å². The molecule has 1 saturated heterocycles. The van der Waals surface area contributed by atoms with E-state index in [-0.39, 0.29) is 5.92 Å². The van der Waals surface area contributed by atoms with Gasteiger partial charge >= 0.3 is 6.01 Å². The Morgan fingerprint density at radius 1 is 1.13 bits per heavy atom. The lowest BCUT2D eigenvalue weighted by molar-refractivity contribution is 0.404. The first-order chi connectivity index (χ1) is 11.2. The van der Waals surface area contributed by atoms with Crippen molar-refractivity contribution in [1.82, 2.24) is 10.1 Å². The van der Waals surface area contributed by atoms with Gasteiger partial charge in [-0.25, -0.2) is 0 Å². The highest BCUT2D eigenvalue weighted by Crippen LogP contribution is 2.23. The minimum absolute atomic E-state index is 0.262. The Bertz CT molecular complexity index is 703. The molecule has 1 aliphatic heterocycles. The summed E-state index contributed by atoms with van der Waals surface area (Å²) in [7, 11) is 0. The molecule has 1 aliphatic rings. The van der Waals surface area contributed by atoms with Crippen LogP contribution in [0.1, 0.15) is 37.6 Å². The number of nitrogens with zero attached hydrogens (tertiary/aromatic N) is 5. The van der Waals surface area contributed by atoms with Gasteiger partial charge in [0.15, 0.2) is 5.82 Å². The molecule has 0 N–H and O–H groups in total. The molecular formula is C17H21N5O. The van der Waals surface area contributed by atoms with Crippen molar-refractivity contribution in [3.05, 3.63) is 35.7 Å². The highest BCUT2D eigenvalue weighted by atomic mass is 16.5. The Morgan fingerprint density at radius 3 is 2.61 bits per heavy atom. The van der Waals surface area contributed by atoms with Crippen LogP contribution in [0.2, 0.25) is 0 Å². The average molecular weight is 311 g/mol. The number of anilines is 2. The molecule has 2 heterocycles. The largest absolute Gasteiger partial charge is 0.369 e. The second kappa shape index (κ2) is 6.69. The van der Waals surface area contributed by atoms with Gasteiger partial charge in [-0.05, 0) is 18.6 Å². The summed E-state index contributed by atoms with van der Waals surface area (Å²) in [5, 5.41) is 13.3. The molecule has 0 atom stereocenters. The molecule has 6 heteroatoms. The van der Waals surface area contributed by atoms with Crippen LogP contribution >= 0.6 is 0 Å². The number of para-hydroxylation sites is 1. The molecule has 3 rings (SSSR count). The second-order valence-electron chi connectivity index (χ2n) is 6.05. The Hall–Kier alpha value is -2.55. The maximum atomic E-state index is 9.28. The second-order valence-corrected chi connectivity index (χ2v) is 6.05. The maximum absolute atomic E-state index is 9.28. The fourth-order valence-corrected chi connectivity index (χ4v) is 2.78. The zero-order chi connectivity index (χ0) is 16.2. The van der Waals surface area contributed by atoms with Crippen molar-refractivity contribution in [2.24, 2.45) is 0 Å². The number of rotatable bonds is 3. The number of hydrogen-bond donors (Lipinski definition) is 0. The molecule has 1 aromatic heterocycles. The molecule has 120 valence electrons. The lowest BCUT2D eigenvalue weighted by Crippen LogP contribution is -2.31. The molecule has 0 aliphatic carbocycles. The Morgan fingerprint density at radius 2 is 1.87 bits per heavy atom. The lowest BCUT2D eigenvalue weighted by atomic mass is 10.1. The van der Waals surface area contributed by atoms with Gasteiger partial charge in [-0.3, -0.25) is 0 Å². The van der Waals surface area contributed by atoms with E-state index in [1.807, 2.05) is 24.3 Å². The van der Waals surface area contributed by atoms with Gasteiger partial charge in [-0.2, -0.15) is 10.2 Å². The van der Waals surface area contributed by atoms with E-state index in [9.17, 15) is 5.26 Å². The maximum Gasteiger partial charge on any atom is 0.324 e. The van der Waals surface area contributed by atoms with Crippen LogP contribution in [0.5, 0.6) is 0 Å². The van der Waals surface area contributed by atoms with Gasteiger partial charge < -0.3 is 14.3 Å². The minimum Gasteiger partial charge on any atom is -0.369 e. The zero-order valence-corrected chi connectivity index (χ0v) is 13.6. The van der Waals surface area contributed by atoms with E-state index in [0.717, 1.165) is 49.7 Å². The summed E-state index contributed by atoms with van der Waals surface area (Å²) in [6.45, 7) is 7.54. The molecule has 1 fully saturated rings. The molecule has 6 nitrogen and oxygen atoms in total. The van der Waals surface area contributed by atoms with Crippen molar-refractivity contribution < 1.29 is 4.52 Å². The van der Waals surface area contributed by atoms with E-state index in [0.29, 0.717) is 6.01 Å². The van der Waals surface area contributed by atoms with Gasteiger partial charge in [-0.15, -0.1) is 0 Å². The zero-order valence-electron chi connectivity index (χ0n) is 13.6. The topological polar surface area (TPSA) is 69.2 Å². The Kier molecular flexibility index (Phi) is 4.47. The molecule has 0 unspecified atom stereocenters. The summed E-state index contributed by atoms with van der Waals surface area (Å²) < 4.78 is 5.40.